The van der Waals surface area contributed by atoms with E-state index in [0.717, 1.165) is 11.6 Å². The van der Waals surface area contributed by atoms with Crippen molar-refractivity contribution < 1.29 is 19.1 Å². The largest absolute Gasteiger partial charge is 0.464 e. The molecule has 0 saturated heterocycles. The van der Waals surface area contributed by atoms with Gasteiger partial charge in [-0.3, -0.25) is 0 Å². The SMILES string of the molecule is C[Si](C)(C)CCOC(=O)[C@H](CN)NC(=O)OCc1ccccc1. The maximum atomic E-state index is 11.9. The van der Waals surface area contributed by atoms with Gasteiger partial charge in [0.05, 0.1) is 6.61 Å². The van der Waals surface area contributed by atoms with Crippen LogP contribution in [0.15, 0.2) is 30.3 Å². The highest BCUT2D eigenvalue weighted by atomic mass is 28.3. The molecular formula is C16H26N2O4Si. The van der Waals surface area contributed by atoms with E-state index in [4.69, 9.17) is 15.2 Å². The average molecular weight is 338 g/mol. The molecule has 0 aliphatic heterocycles. The molecule has 7 heteroatoms. The van der Waals surface area contributed by atoms with Crippen molar-refractivity contribution in [3.8, 4) is 0 Å². The number of ether oxygens (including phenoxy) is 2. The Kier molecular flexibility index (Phi) is 7.77. The highest BCUT2D eigenvalue weighted by molar-refractivity contribution is 6.76. The van der Waals surface area contributed by atoms with Crippen LogP contribution in [0, 0.1) is 0 Å². The molecule has 1 aromatic rings. The first-order chi connectivity index (χ1) is 10.8. The summed E-state index contributed by atoms with van der Waals surface area (Å²) in [5, 5.41) is 2.43. The summed E-state index contributed by atoms with van der Waals surface area (Å²) >= 11 is 0. The van der Waals surface area contributed by atoms with Crippen LogP contribution >= 0.6 is 0 Å². The van der Waals surface area contributed by atoms with E-state index < -0.39 is 26.2 Å². The van der Waals surface area contributed by atoms with Gasteiger partial charge in [-0.1, -0.05) is 50.0 Å². The number of carbonyl (C=O) groups is 2. The number of rotatable bonds is 8. The van der Waals surface area contributed by atoms with E-state index >= 15 is 0 Å². The first kappa shape index (κ1) is 19.2. The van der Waals surface area contributed by atoms with Gasteiger partial charge in [0.25, 0.3) is 0 Å². The van der Waals surface area contributed by atoms with Crippen LogP contribution in [0.2, 0.25) is 25.7 Å². The zero-order chi connectivity index (χ0) is 17.3. The molecule has 23 heavy (non-hydrogen) atoms. The van der Waals surface area contributed by atoms with Gasteiger partial charge in [0.2, 0.25) is 0 Å². The van der Waals surface area contributed by atoms with Gasteiger partial charge in [-0.25, -0.2) is 9.59 Å². The number of hydrogen-bond donors (Lipinski definition) is 2. The van der Waals surface area contributed by atoms with Crippen molar-refractivity contribution in [2.24, 2.45) is 5.73 Å². The van der Waals surface area contributed by atoms with Crippen molar-refractivity contribution >= 4 is 20.1 Å². The highest BCUT2D eigenvalue weighted by Gasteiger charge is 2.22. The number of alkyl carbamates (subject to hydrolysis) is 1. The molecule has 0 aliphatic rings. The third-order valence-electron chi connectivity index (χ3n) is 3.12. The van der Waals surface area contributed by atoms with E-state index in [0.29, 0.717) is 6.61 Å². The lowest BCUT2D eigenvalue weighted by Crippen LogP contribution is -2.47. The minimum Gasteiger partial charge on any atom is -0.464 e. The van der Waals surface area contributed by atoms with E-state index in [9.17, 15) is 9.59 Å². The number of esters is 1. The van der Waals surface area contributed by atoms with Crippen molar-refractivity contribution in [3.63, 3.8) is 0 Å². The van der Waals surface area contributed by atoms with Crippen molar-refractivity contribution in [1.82, 2.24) is 5.32 Å². The molecular weight excluding hydrogens is 312 g/mol. The second-order valence-corrected chi connectivity index (χ2v) is 12.1. The summed E-state index contributed by atoms with van der Waals surface area (Å²) < 4.78 is 10.2. The van der Waals surface area contributed by atoms with E-state index in [1.807, 2.05) is 30.3 Å². The monoisotopic (exact) mass is 338 g/mol. The third-order valence-corrected chi connectivity index (χ3v) is 4.83. The fourth-order valence-corrected chi connectivity index (χ4v) is 2.39. The number of hydrogen-bond acceptors (Lipinski definition) is 5. The van der Waals surface area contributed by atoms with E-state index in [1.54, 1.807) is 0 Å². The molecule has 1 rings (SSSR count). The fourth-order valence-electron chi connectivity index (χ4n) is 1.68. The van der Waals surface area contributed by atoms with E-state index in [-0.39, 0.29) is 13.2 Å². The Morgan fingerprint density at radius 3 is 2.39 bits per heavy atom. The molecule has 0 aromatic heterocycles. The van der Waals surface area contributed by atoms with Crippen LogP contribution in [-0.4, -0.2) is 39.3 Å². The maximum absolute atomic E-state index is 11.9. The lowest BCUT2D eigenvalue weighted by molar-refractivity contribution is -0.145. The van der Waals surface area contributed by atoms with Crippen molar-refractivity contribution in [2.45, 2.75) is 38.3 Å². The summed E-state index contributed by atoms with van der Waals surface area (Å²) in [6, 6.07) is 9.26. The Hall–Kier alpha value is -1.86. The zero-order valence-corrected chi connectivity index (χ0v) is 15.0. The molecule has 0 bridgehead atoms. The van der Waals surface area contributed by atoms with Crippen LogP contribution in [0.5, 0.6) is 0 Å². The van der Waals surface area contributed by atoms with Gasteiger partial charge in [-0.05, 0) is 11.6 Å². The first-order valence-electron chi connectivity index (χ1n) is 7.66. The average Bonchev–Trinajstić information content (AvgIpc) is 2.50. The highest BCUT2D eigenvalue weighted by Crippen LogP contribution is 2.08. The Morgan fingerprint density at radius 2 is 1.83 bits per heavy atom. The molecule has 0 saturated carbocycles. The van der Waals surface area contributed by atoms with E-state index in [1.165, 1.54) is 0 Å². The molecule has 1 atom stereocenters. The summed E-state index contributed by atoms with van der Waals surface area (Å²) in [5.41, 5.74) is 6.39. The summed E-state index contributed by atoms with van der Waals surface area (Å²) in [6.07, 6.45) is -0.688. The zero-order valence-electron chi connectivity index (χ0n) is 14.0. The molecule has 1 aromatic carbocycles. The minimum absolute atomic E-state index is 0.0355. The second kappa shape index (κ2) is 9.31. The summed E-state index contributed by atoms with van der Waals surface area (Å²) in [6.45, 7) is 7.04. The van der Waals surface area contributed by atoms with Crippen LogP contribution in [0.1, 0.15) is 5.56 Å². The lowest BCUT2D eigenvalue weighted by atomic mass is 10.2. The van der Waals surface area contributed by atoms with Crippen LogP contribution < -0.4 is 11.1 Å². The van der Waals surface area contributed by atoms with Gasteiger partial charge < -0.3 is 20.5 Å². The standard InChI is InChI=1S/C16H26N2O4Si/c1-23(2,3)10-9-21-15(19)14(11-17)18-16(20)22-12-13-7-5-4-6-8-13/h4-8,14H,9-12,17H2,1-3H3,(H,18,20)/t14-/m0/s1. The van der Waals surface area contributed by atoms with Crippen molar-refractivity contribution in [2.75, 3.05) is 13.2 Å². The molecule has 6 nitrogen and oxygen atoms in total. The Balaban J connectivity index is 2.36. The topological polar surface area (TPSA) is 90.6 Å². The molecule has 0 heterocycles. The first-order valence-corrected chi connectivity index (χ1v) is 11.4. The quantitative estimate of drug-likeness (QED) is 0.560. The maximum Gasteiger partial charge on any atom is 0.408 e. The molecule has 3 N–H and O–H groups in total. The predicted molar refractivity (Wildman–Crippen MR) is 91.7 cm³/mol. The number of amides is 1. The molecule has 1 amide bonds. The van der Waals surface area contributed by atoms with Crippen LogP contribution in [0.4, 0.5) is 4.79 Å². The second-order valence-electron chi connectivity index (χ2n) is 6.47. The van der Waals surface area contributed by atoms with Gasteiger partial charge in [-0.2, -0.15) is 0 Å². The van der Waals surface area contributed by atoms with Crippen molar-refractivity contribution in [1.29, 1.82) is 0 Å². The Bertz CT molecular complexity index is 503. The number of nitrogens with one attached hydrogen (secondary N) is 1. The molecule has 128 valence electrons. The summed E-state index contributed by atoms with van der Waals surface area (Å²) in [5.74, 6) is -0.526. The molecule has 0 aliphatic carbocycles. The molecule has 0 radical (unpaired) electrons. The molecule has 0 fully saturated rings. The normalized spacial score (nSPS) is 12.3. The summed E-state index contributed by atoms with van der Waals surface area (Å²) in [4.78, 5) is 23.6. The fraction of sp³-hybridized carbons (Fsp3) is 0.500. The van der Waals surface area contributed by atoms with Crippen molar-refractivity contribution in [3.05, 3.63) is 35.9 Å². The van der Waals surface area contributed by atoms with Crippen LogP contribution in [0.25, 0.3) is 0 Å². The van der Waals surface area contributed by atoms with Gasteiger partial charge in [-0.15, -0.1) is 0 Å². The number of benzene rings is 1. The predicted octanol–water partition coefficient (Wildman–Crippen LogP) is 2.12. The molecule has 0 unspecified atom stereocenters. The number of carbonyl (C=O) groups excluding carboxylic acids is 2. The van der Waals surface area contributed by atoms with Gasteiger partial charge in [0, 0.05) is 14.6 Å². The molecule has 0 spiro atoms. The van der Waals surface area contributed by atoms with Gasteiger partial charge in [0.15, 0.2) is 0 Å². The van der Waals surface area contributed by atoms with Crippen LogP contribution in [-0.2, 0) is 20.9 Å². The lowest BCUT2D eigenvalue weighted by Gasteiger charge is -2.18. The summed E-state index contributed by atoms with van der Waals surface area (Å²) in [7, 11) is -1.27. The smallest absolute Gasteiger partial charge is 0.408 e. The third kappa shape index (κ3) is 8.37. The van der Waals surface area contributed by atoms with Gasteiger partial charge >= 0.3 is 12.1 Å². The Labute approximate surface area is 138 Å². The van der Waals surface area contributed by atoms with Crippen LogP contribution in [0.3, 0.4) is 0 Å². The minimum atomic E-state index is -1.27. The van der Waals surface area contributed by atoms with E-state index in [2.05, 4.69) is 25.0 Å². The number of nitrogens with two attached hydrogens (primary N) is 1. The van der Waals surface area contributed by atoms with Gasteiger partial charge in [0.1, 0.15) is 12.6 Å². The Morgan fingerprint density at radius 1 is 1.17 bits per heavy atom.